The Morgan fingerprint density at radius 1 is 1.31 bits per heavy atom. The van der Waals surface area contributed by atoms with Gasteiger partial charge in [0.1, 0.15) is 22.4 Å². The molecule has 1 atom stereocenters. The number of esters is 1. The minimum atomic E-state index is -4.43. The summed E-state index contributed by atoms with van der Waals surface area (Å²) in [7, 11) is -3.24. The monoisotopic (exact) mass is 516 g/mol. The van der Waals surface area contributed by atoms with E-state index in [2.05, 4.69) is 15.2 Å². The Kier molecular flexibility index (Phi) is 7.24. The number of rotatable bonds is 6. The molecule has 1 amide bonds. The lowest BCUT2D eigenvalue weighted by Gasteiger charge is -2.35. The van der Waals surface area contributed by atoms with Crippen molar-refractivity contribution in [1.82, 2.24) is 9.78 Å². The second kappa shape index (κ2) is 9.68. The van der Waals surface area contributed by atoms with Gasteiger partial charge in [-0.15, -0.1) is 0 Å². The number of anilines is 2. The van der Waals surface area contributed by atoms with E-state index in [9.17, 15) is 26.8 Å². The van der Waals surface area contributed by atoms with Gasteiger partial charge in [-0.1, -0.05) is 0 Å². The van der Waals surface area contributed by atoms with Gasteiger partial charge in [0, 0.05) is 5.69 Å². The fraction of sp³-hybridized carbons (Fsp3) is 0.476. The molecular weight excluding hydrogens is 490 g/mol. The lowest BCUT2D eigenvalue weighted by molar-refractivity contribution is -0.142. The highest BCUT2D eigenvalue weighted by atomic mass is 32.2. The molecule has 0 saturated carbocycles. The van der Waals surface area contributed by atoms with E-state index in [-0.39, 0.29) is 40.5 Å². The molecule has 1 aromatic carbocycles. The van der Waals surface area contributed by atoms with Crippen LogP contribution in [0.2, 0.25) is 0 Å². The molecule has 14 heteroatoms. The number of halogens is 2. The van der Waals surface area contributed by atoms with Crippen molar-refractivity contribution in [3.63, 3.8) is 0 Å². The van der Waals surface area contributed by atoms with E-state index < -0.39 is 45.2 Å². The van der Waals surface area contributed by atoms with Crippen LogP contribution >= 0.6 is 0 Å². The molecule has 1 aromatic heterocycles. The summed E-state index contributed by atoms with van der Waals surface area (Å²) in [5, 5.41) is 6.10. The van der Waals surface area contributed by atoms with E-state index in [1.807, 2.05) is 0 Å². The zero-order valence-electron chi connectivity index (χ0n) is 19.7. The largest absolute Gasteiger partial charge is 0.486 e. The number of methoxy groups -OCH3 is 1. The number of hydrogen-bond donors (Lipinski definition) is 1. The molecular formula is C21H26F2N4O7S. The maximum absolute atomic E-state index is 13.6. The summed E-state index contributed by atoms with van der Waals surface area (Å²) in [5.41, 5.74) is -0.664. The van der Waals surface area contributed by atoms with Gasteiger partial charge in [-0.05, 0) is 45.9 Å². The third kappa shape index (κ3) is 5.99. The number of aryl methyl sites for hydroxylation is 1. The number of nitrogens with zero attached hydrogens (tertiary/aromatic N) is 3. The summed E-state index contributed by atoms with van der Waals surface area (Å²) in [6, 6.07) is 4.23. The zero-order chi connectivity index (χ0) is 26.1. The first-order valence-electron chi connectivity index (χ1n) is 10.5. The molecule has 0 spiro atoms. The van der Waals surface area contributed by atoms with Crippen molar-refractivity contribution in [3.05, 3.63) is 30.1 Å². The topological polar surface area (TPSA) is 129 Å². The van der Waals surface area contributed by atoms with Crippen LogP contribution in [0.25, 0.3) is 0 Å². The molecule has 2 heterocycles. The van der Waals surface area contributed by atoms with Crippen LogP contribution in [0.4, 0.5) is 25.0 Å². The van der Waals surface area contributed by atoms with Crippen molar-refractivity contribution in [3.8, 4) is 5.75 Å². The molecule has 1 aliphatic heterocycles. The number of ether oxygens (including phenoxy) is 3. The van der Waals surface area contributed by atoms with Crippen molar-refractivity contribution in [2.24, 2.45) is 0 Å². The Balaban J connectivity index is 2.03. The second-order valence-electron chi connectivity index (χ2n) is 8.70. The van der Waals surface area contributed by atoms with E-state index >= 15 is 0 Å². The number of aromatic nitrogens is 2. The molecule has 0 unspecified atom stereocenters. The first-order valence-corrected chi connectivity index (χ1v) is 11.9. The molecule has 0 saturated heterocycles. The molecule has 11 nitrogen and oxygen atoms in total. The first kappa shape index (κ1) is 26.2. The molecule has 35 heavy (non-hydrogen) atoms. The number of benzene rings is 1. The lowest BCUT2D eigenvalue weighted by atomic mass is 10.1. The van der Waals surface area contributed by atoms with E-state index in [1.54, 1.807) is 20.8 Å². The van der Waals surface area contributed by atoms with E-state index in [4.69, 9.17) is 9.47 Å². The Hall–Kier alpha value is -3.42. The minimum absolute atomic E-state index is 0.0314. The number of alkyl halides is 2. The number of sulfonamides is 1. The Labute approximate surface area is 201 Å². The molecule has 2 aromatic rings. The summed E-state index contributed by atoms with van der Waals surface area (Å²) < 4.78 is 70.2. The van der Waals surface area contributed by atoms with E-state index in [1.165, 1.54) is 32.2 Å². The Bertz CT molecular complexity index is 1220. The average Bonchev–Trinajstić information content (AvgIpc) is 3.14. The van der Waals surface area contributed by atoms with Gasteiger partial charge in [0.25, 0.3) is 10.0 Å². The van der Waals surface area contributed by atoms with Gasteiger partial charge in [0.2, 0.25) is 0 Å². The van der Waals surface area contributed by atoms with Crippen LogP contribution in [0.15, 0.2) is 29.3 Å². The van der Waals surface area contributed by atoms with Gasteiger partial charge in [0.15, 0.2) is 0 Å². The summed E-state index contributed by atoms with van der Waals surface area (Å²) in [5.74, 6) is -0.525. The molecule has 0 radical (unpaired) electrons. The van der Waals surface area contributed by atoms with E-state index in [0.717, 1.165) is 10.5 Å². The summed E-state index contributed by atoms with van der Waals surface area (Å²) >= 11 is 0. The summed E-state index contributed by atoms with van der Waals surface area (Å²) in [6.45, 7) is 2.99. The molecule has 0 fully saturated rings. The number of amides is 1. The van der Waals surface area contributed by atoms with Crippen molar-refractivity contribution in [2.75, 3.05) is 23.3 Å². The summed E-state index contributed by atoms with van der Waals surface area (Å²) in [6.07, 6.45) is -1.20. The van der Waals surface area contributed by atoms with E-state index in [0.29, 0.717) is 0 Å². The Morgan fingerprint density at radius 3 is 2.57 bits per heavy atom. The first-order chi connectivity index (χ1) is 16.2. The van der Waals surface area contributed by atoms with Crippen LogP contribution in [-0.2, 0) is 24.3 Å². The van der Waals surface area contributed by atoms with Crippen molar-refractivity contribution in [2.45, 2.75) is 57.3 Å². The van der Waals surface area contributed by atoms with Gasteiger partial charge < -0.3 is 14.2 Å². The van der Waals surface area contributed by atoms with Crippen molar-refractivity contribution >= 4 is 33.5 Å². The standard InChI is InChI=1S/C21H26F2N4O7S/c1-12-17(11-26(25-12)19(22)23)35(30,31)27-10-14(9-18(28)32-5)33-16-7-6-13(8-15(16)27)24-20(29)34-21(2,3)4/h6-8,11,14,19H,9-10H2,1-5H3,(H,24,29)/t14-/m0/s1. The maximum Gasteiger partial charge on any atom is 0.412 e. The highest BCUT2D eigenvalue weighted by molar-refractivity contribution is 7.92. The zero-order valence-corrected chi connectivity index (χ0v) is 20.6. The third-order valence-corrected chi connectivity index (χ3v) is 6.68. The smallest absolute Gasteiger partial charge is 0.412 e. The maximum atomic E-state index is 13.6. The number of nitrogens with one attached hydrogen (secondary N) is 1. The fourth-order valence-electron chi connectivity index (χ4n) is 3.35. The number of fused-ring (bicyclic) bond motifs is 1. The highest BCUT2D eigenvalue weighted by Gasteiger charge is 2.38. The second-order valence-corrected chi connectivity index (χ2v) is 10.5. The number of hydrogen-bond acceptors (Lipinski definition) is 8. The van der Waals surface area contributed by atoms with Gasteiger partial charge in [-0.2, -0.15) is 13.9 Å². The molecule has 3 rings (SSSR count). The highest BCUT2D eigenvalue weighted by Crippen LogP contribution is 2.40. The van der Waals surface area contributed by atoms with Gasteiger partial charge >= 0.3 is 18.6 Å². The van der Waals surface area contributed by atoms with Gasteiger partial charge in [-0.3, -0.25) is 14.4 Å². The van der Waals surface area contributed by atoms with Gasteiger partial charge in [-0.25, -0.2) is 17.9 Å². The average molecular weight is 517 g/mol. The predicted molar refractivity (Wildman–Crippen MR) is 120 cm³/mol. The van der Waals surface area contributed by atoms with Crippen LogP contribution in [0.1, 0.15) is 39.4 Å². The number of carbonyl (C=O) groups excluding carboxylic acids is 2. The van der Waals surface area contributed by atoms with Crippen molar-refractivity contribution < 1.29 is 41.0 Å². The minimum Gasteiger partial charge on any atom is -0.486 e. The van der Waals surface area contributed by atoms with Crippen LogP contribution in [0, 0.1) is 6.92 Å². The molecule has 0 bridgehead atoms. The van der Waals surface area contributed by atoms with Crippen LogP contribution < -0.4 is 14.4 Å². The molecule has 0 aliphatic carbocycles. The molecule has 192 valence electrons. The van der Waals surface area contributed by atoms with Crippen LogP contribution in [0.5, 0.6) is 5.75 Å². The predicted octanol–water partition coefficient (Wildman–Crippen LogP) is 3.45. The molecule has 1 aliphatic rings. The Morgan fingerprint density at radius 2 is 2.00 bits per heavy atom. The normalized spacial score (nSPS) is 15.9. The fourth-order valence-corrected chi connectivity index (χ4v) is 5.01. The third-order valence-electron chi connectivity index (χ3n) is 4.80. The number of carbonyl (C=O) groups is 2. The quantitative estimate of drug-likeness (QED) is 0.578. The van der Waals surface area contributed by atoms with Crippen LogP contribution in [0.3, 0.4) is 0 Å². The molecule has 1 N–H and O–H groups in total. The summed E-state index contributed by atoms with van der Waals surface area (Å²) in [4.78, 5) is 23.6. The van der Waals surface area contributed by atoms with Crippen molar-refractivity contribution in [1.29, 1.82) is 0 Å². The lowest BCUT2D eigenvalue weighted by Crippen LogP contribution is -2.44. The van der Waals surface area contributed by atoms with Crippen LogP contribution in [-0.4, -0.2) is 55.6 Å². The van der Waals surface area contributed by atoms with Gasteiger partial charge in [0.05, 0.1) is 37.7 Å². The SMILES string of the molecule is COC(=O)C[C@H]1CN(S(=O)(=O)c2cn(C(F)F)nc2C)c2cc(NC(=O)OC(C)(C)C)ccc2O1.